The van der Waals surface area contributed by atoms with Gasteiger partial charge in [-0.2, -0.15) is 8.78 Å². The summed E-state index contributed by atoms with van der Waals surface area (Å²) in [6.45, 7) is 3.17. The molecule has 0 unspecified atom stereocenters. The summed E-state index contributed by atoms with van der Waals surface area (Å²) in [4.78, 5) is 8.20. The van der Waals surface area contributed by atoms with Crippen LogP contribution >= 0.6 is 0 Å². The number of alkyl halides is 2. The minimum Gasteiger partial charge on any atom is -0.443 e. The molecule has 2 rings (SSSR count). The Kier molecular flexibility index (Phi) is 6.70. The van der Waals surface area contributed by atoms with E-state index >= 15 is 0 Å². The van der Waals surface area contributed by atoms with Gasteiger partial charge < -0.3 is 19.8 Å². The average Bonchev–Trinajstić information content (AvgIpc) is 3.05. The summed E-state index contributed by atoms with van der Waals surface area (Å²) in [5.74, 6) is 0.670. The lowest BCUT2D eigenvalue weighted by molar-refractivity contribution is -0.0506. The molecule has 6 nitrogen and oxygen atoms in total. The molecule has 0 atom stereocenters. The maximum absolute atomic E-state index is 14.0. The zero-order valence-corrected chi connectivity index (χ0v) is 15.6. The number of benzene rings is 1. The maximum atomic E-state index is 14.0. The minimum absolute atomic E-state index is 0.0214. The summed E-state index contributed by atoms with van der Waals surface area (Å²) in [6, 6.07) is 3.76. The number of aromatic nitrogens is 1. The van der Waals surface area contributed by atoms with Gasteiger partial charge in [0.15, 0.2) is 5.96 Å². The van der Waals surface area contributed by atoms with Crippen molar-refractivity contribution in [3.8, 4) is 5.75 Å². The molecule has 1 heterocycles. The van der Waals surface area contributed by atoms with E-state index in [2.05, 4.69) is 25.3 Å². The lowest BCUT2D eigenvalue weighted by Gasteiger charge is -2.15. The van der Waals surface area contributed by atoms with E-state index in [1.54, 1.807) is 6.20 Å². The van der Waals surface area contributed by atoms with Crippen molar-refractivity contribution >= 4 is 5.96 Å². The van der Waals surface area contributed by atoms with Crippen LogP contribution in [0, 0.1) is 5.82 Å². The van der Waals surface area contributed by atoms with Crippen LogP contribution < -0.4 is 15.4 Å². The smallest absolute Gasteiger partial charge is 0.387 e. The number of aliphatic imine (C=N–C) groups is 1. The van der Waals surface area contributed by atoms with Crippen LogP contribution in [0.1, 0.15) is 38.0 Å². The van der Waals surface area contributed by atoms with E-state index in [-0.39, 0.29) is 29.8 Å². The molecule has 148 valence electrons. The fourth-order valence-electron chi connectivity index (χ4n) is 2.21. The third-order valence-electron chi connectivity index (χ3n) is 3.65. The molecule has 0 aliphatic rings. The molecule has 2 N–H and O–H groups in total. The number of ether oxygens (including phenoxy) is 1. The average molecular weight is 384 g/mol. The number of nitrogens with one attached hydrogen (secondary N) is 2. The van der Waals surface area contributed by atoms with Gasteiger partial charge >= 0.3 is 6.61 Å². The Hall–Kier alpha value is -2.71. The number of guanidine groups is 1. The maximum Gasteiger partial charge on any atom is 0.387 e. The van der Waals surface area contributed by atoms with Gasteiger partial charge in [-0.25, -0.2) is 9.37 Å². The zero-order valence-electron chi connectivity index (χ0n) is 15.6. The molecule has 1 aromatic carbocycles. The summed E-state index contributed by atoms with van der Waals surface area (Å²) in [7, 11) is 1.53. The fourth-order valence-corrected chi connectivity index (χ4v) is 2.21. The van der Waals surface area contributed by atoms with E-state index in [0.717, 1.165) is 5.76 Å². The van der Waals surface area contributed by atoms with Gasteiger partial charge in [0.25, 0.3) is 0 Å². The molecule has 0 saturated heterocycles. The first kappa shape index (κ1) is 20.6. The SMILES string of the molecule is CN=C(NCc1ncc(C(C)(C)C)o1)NCc1c(F)cccc1OC(F)F. The van der Waals surface area contributed by atoms with Gasteiger partial charge in [-0.15, -0.1) is 0 Å². The van der Waals surface area contributed by atoms with Crippen molar-refractivity contribution in [2.45, 2.75) is 45.9 Å². The molecular weight excluding hydrogens is 361 g/mol. The topological polar surface area (TPSA) is 71.7 Å². The molecule has 1 aromatic heterocycles. The van der Waals surface area contributed by atoms with Crippen LogP contribution in [-0.2, 0) is 18.5 Å². The van der Waals surface area contributed by atoms with E-state index in [1.807, 2.05) is 20.8 Å². The Balaban J connectivity index is 1.98. The molecule has 0 spiro atoms. The Bertz CT molecular complexity index is 785. The first-order chi connectivity index (χ1) is 12.7. The highest BCUT2D eigenvalue weighted by atomic mass is 19.3. The van der Waals surface area contributed by atoms with Crippen molar-refractivity contribution < 1.29 is 22.3 Å². The van der Waals surface area contributed by atoms with Crippen molar-refractivity contribution in [3.05, 3.63) is 47.4 Å². The Labute approximate surface area is 155 Å². The number of oxazole rings is 1. The normalized spacial score (nSPS) is 12.4. The lowest BCUT2D eigenvalue weighted by Crippen LogP contribution is -2.36. The molecular formula is C18H23F3N4O2. The first-order valence-electron chi connectivity index (χ1n) is 8.32. The molecule has 27 heavy (non-hydrogen) atoms. The summed E-state index contributed by atoms with van der Waals surface area (Å²) in [5, 5.41) is 5.82. The van der Waals surface area contributed by atoms with Crippen LogP contribution in [0.15, 0.2) is 33.8 Å². The van der Waals surface area contributed by atoms with Crippen LogP contribution in [0.3, 0.4) is 0 Å². The summed E-state index contributed by atoms with van der Waals surface area (Å²) in [6.07, 6.45) is 1.67. The fraction of sp³-hybridized carbons (Fsp3) is 0.444. The molecule has 0 aliphatic carbocycles. The Morgan fingerprint density at radius 3 is 2.56 bits per heavy atom. The van der Waals surface area contributed by atoms with Crippen LogP contribution in [0.2, 0.25) is 0 Å². The zero-order chi connectivity index (χ0) is 20.0. The highest BCUT2D eigenvalue weighted by Crippen LogP contribution is 2.24. The van der Waals surface area contributed by atoms with Crippen LogP contribution in [-0.4, -0.2) is 24.6 Å². The molecule has 0 saturated carbocycles. The second-order valence-corrected chi connectivity index (χ2v) is 6.74. The van der Waals surface area contributed by atoms with Crippen LogP contribution in [0.4, 0.5) is 13.2 Å². The second-order valence-electron chi connectivity index (χ2n) is 6.74. The largest absolute Gasteiger partial charge is 0.443 e. The molecule has 0 fully saturated rings. The van der Waals surface area contributed by atoms with Gasteiger partial charge in [0, 0.05) is 24.6 Å². The van der Waals surface area contributed by atoms with Crippen LogP contribution in [0.25, 0.3) is 0 Å². The van der Waals surface area contributed by atoms with Crippen LogP contribution in [0.5, 0.6) is 5.75 Å². The molecule has 0 amide bonds. The highest BCUT2D eigenvalue weighted by molar-refractivity contribution is 5.79. The Morgan fingerprint density at radius 1 is 1.26 bits per heavy atom. The minimum atomic E-state index is -3.04. The van der Waals surface area contributed by atoms with E-state index in [9.17, 15) is 13.2 Å². The van der Waals surface area contributed by atoms with Gasteiger partial charge in [0.05, 0.1) is 12.7 Å². The number of halogens is 3. The van der Waals surface area contributed by atoms with E-state index in [0.29, 0.717) is 11.9 Å². The van der Waals surface area contributed by atoms with Crippen molar-refractivity contribution in [1.82, 2.24) is 15.6 Å². The number of hydrogen-bond donors (Lipinski definition) is 2. The number of hydrogen-bond acceptors (Lipinski definition) is 4. The van der Waals surface area contributed by atoms with E-state index in [1.165, 1.54) is 25.2 Å². The highest BCUT2D eigenvalue weighted by Gasteiger charge is 2.19. The lowest BCUT2D eigenvalue weighted by atomic mass is 9.94. The predicted molar refractivity (Wildman–Crippen MR) is 95.3 cm³/mol. The van der Waals surface area contributed by atoms with Crippen molar-refractivity contribution in [1.29, 1.82) is 0 Å². The molecule has 0 aliphatic heterocycles. The van der Waals surface area contributed by atoms with Gasteiger partial charge in [-0.3, -0.25) is 4.99 Å². The number of nitrogens with zero attached hydrogens (tertiary/aromatic N) is 2. The third-order valence-corrected chi connectivity index (χ3v) is 3.65. The third kappa shape index (κ3) is 5.90. The predicted octanol–water partition coefficient (Wildman–Crippen LogP) is 3.58. The summed E-state index contributed by atoms with van der Waals surface area (Å²) in [5.41, 5.74) is -0.177. The molecule has 0 bridgehead atoms. The van der Waals surface area contributed by atoms with Gasteiger partial charge in [0.2, 0.25) is 5.89 Å². The molecule has 2 aromatic rings. The standard InChI is InChI=1S/C18H23F3N4O2/c1-18(2,3)14-9-23-15(27-14)10-25-17(22-4)24-8-11-12(19)6-5-7-13(11)26-16(20)21/h5-7,9,16H,8,10H2,1-4H3,(H2,22,24,25). The number of rotatable bonds is 6. The van der Waals surface area contributed by atoms with Gasteiger partial charge in [0.1, 0.15) is 17.3 Å². The van der Waals surface area contributed by atoms with Crippen molar-refractivity contribution in [3.63, 3.8) is 0 Å². The Morgan fingerprint density at radius 2 is 1.96 bits per heavy atom. The second kappa shape index (κ2) is 8.79. The van der Waals surface area contributed by atoms with Crippen molar-refractivity contribution in [2.24, 2.45) is 4.99 Å². The first-order valence-corrected chi connectivity index (χ1v) is 8.32. The molecule has 9 heteroatoms. The van der Waals surface area contributed by atoms with Gasteiger partial charge in [-0.1, -0.05) is 26.8 Å². The van der Waals surface area contributed by atoms with Gasteiger partial charge in [-0.05, 0) is 12.1 Å². The monoisotopic (exact) mass is 384 g/mol. The van der Waals surface area contributed by atoms with E-state index < -0.39 is 12.4 Å². The summed E-state index contributed by atoms with van der Waals surface area (Å²) >= 11 is 0. The van der Waals surface area contributed by atoms with Crippen molar-refractivity contribution in [2.75, 3.05) is 7.05 Å². The molecule has 0 radical (unpaired) electrons. The summed E-state index contributed by atoms with van der Waals surface area (Å²) < 4.78 is 48.9. The van der Waals surface area contributed by atoms with E-state index in [4.69, 9.17) is 4.42 Å². The quantitative estimate of drug-likeness (QED) is 0.588.